The minimum absolute atomic E-state index is 0.247. The largest absolute Gasteiger partial charge is 0.191 e. The van der Waals surface area contributed by atoms with Crippen molar-refractivity contribution in [3.8, 4) is 6.07 Å². The summed E-state index contributed by atoms with van der Waals surface area (Å²) in [6.45, 7) is 0. The van der Waals surface area contributed by atoms with E-state index in [1.165, 1.54) is 0 Å². The van der Waals surface area contributed by atoms with Gasteiger partial charge in [-0.3, -0.25) is 0 Å². The topological polar surface area (TPSA) is 60.9 Å². The Morgan fingerprint density at radius 2 is 1.55 bits per heavy atom. The first kappa shape index (κ1) is 13.7. The highest BCUT2D eigenvalue weighted by molar-refractivity contribution is 6.18. The maximum atomic E-state index is 9.35. The van der Waals surface area contributed by atoms with Gasteiger partial charge in [0.1, 0.15) is 6.07 Å². The molecule has 0 N–H and O–H groups in total. The zero-order valence-electron chi connectivity index (χ0n) is 11.7. The van der Waals surface area contributed by atoms with Gasteiger partial charge in [-0.05, 0) is 28.1 Å². The van der Waals surface area contributed by atoms with Crippen molar-refractivity contribution in [2.45, 2.75) is 0 Å². The molecule has 3 aromatic rings. The van der Waals surface area contributed by atoms with E-state index >= 15 is 0 Å². The van der Waals surface area contributed by atoms with Gasteiger partial charge in [-0.1, -0.05) is 60.7 Å². The third kappa shape index (κ3) is 2.89. The summed E-state index contributed by atoms with van der Waals surface area (Å²) in [7, 11) is 0. The van der Waals surface area contributed by atoms with Crippen LogP contribution in [0.5, 0.6) is 0 Å². The summed E-state index contributed by atoms with van der Waals surface area (Å²) in [6.07, 6.45) is 0. The zero-order chi connectivity index (χ0) is 15.2. The predicted octanol–water partition coefficient (Wildman–Crippen LogP) is 4.85. The van der Waals surface area contributed by atoms with Gasteiger partial charge in [-0.25, -0.2) is 0 Å². The minimum atomic E-state index is 0.247. The van der Waals surface area contributed by atoms with Crippen molar-refractivity contribution in [1.29, 1.82) is 5.26 Å². The van der Waals surface area contributed by atoms with Crippen LogP contribution >= 0.6 is 0 Å². The van der Waals surface area contributed by atoms with Crippen LogP contribution in [0, 0.1) is 11.3 Å². The van der Waals surface area contributed by atoms with Crippen molar-refractivity contribution in [2.75, 3.05) is 0 Å². The fourth-order valence-electron chi connectivity index (χ4n) is 2.18. The van der Waals surface area contributed by atoms with Crippen LogP contribution in [0.25, 0.3) is 10.8 Å². The Morgan fingerprint density at radius 1 is 0.818 bits per heavy atom. The second-order valence-corrected chi connectivity index (χ2v) is 4.61. The monoisotopic (exact) mass is 284 g/mol. The number of fused-ring (bicyclic) bond motifs is 1. The zero-order valence-corrected chi connectivity index (χ0v) is 11.7. The molecule has 0 atom stereocenters. The van der Waals surface area contributed by atoms with Crippen LogP contribution in [-0.2, 0) is 0 Å². The molecule has 0 aliphatic carbocycles. The van der Waals surface area contributed by atoms with Crippen LogP contribution < -0.4 is 0 Å². The average Bonchev–Trinajstić information content (AvgIpc) is 2.59. The lowest BCUT2D eigenvalue weighted by atomic mass is 10.0. The van der Waals surface area contributed by atoms with E-state index in [0.717, 1.165) is 16.3 Å². The standard InChI is InChI=1S/C18H12N4/c19-13-18(21-22-20-15-9-2-1-3-10-15)17-12-6-8-14-7-4-5-11-16(14)17/h1-12H. The van der Waals surface area contributed by atoms with Crippen molar-refractivity contribution in [3.63, 3.8) is 0 Å². The summed E-state index contributed by atoms with van der Waals surface area (Å²) in [4.78, 5) is 0. The van der Waals surface area contributed by atoms with Gasteiger partial charge in [0.15, 0.2) is 5.71 Å². The van der Waals surface area contributed by atoms with Gasteiger partial charge in [0.2, 0.25) is 0 Å². The molecule has 0 heterocycles. The Balaban J connectivity index is 1.98. The molecule has 0 radical (unpaired) electrons. The van der Waals surface area contributed by atoms with E-state index in [4.69, 9.17) is 0 Å². The Bertz CT molecular complexity index is 884. The van der Waals surface area contributed by atoms with Crippen molar-refractivity contribution >= 4 is 22.2 Å². The number of hydrogen-bond acceptors (Lipinski definition) is 3. The normalized spacial score (nSPS) is 11.7. The van der Waals surface area contributed by atoms with Crippen molar-refractivity contribution in [2.24, 2.45) is 15.4 Å². The first-order valence-corrected chi connectivity index (χ1v) is 6.80. The fraction of sp³-hybridized carbons (Fsp3) is 0. The van der Waals surface area contributed by atoms with Gasteiger partial charge in [0, 0.05) is 5.56 Å². The molecule has 4 heteroatoms. The lowest BCUT2D eigenvalue weighted by Crippen LogP contribution is -1.97. The molecule has 0 unspecified atom stereocenters. The van der Waals surface area contributed by atoms with Gasteiger partial charge in [0.05, 0.1) is 5.69 Å². The molecule has 0 saturated carbocycles. The molecule has 0 amide bonds. The summed E-state index contributed by atoms with van der Waals surface area (Å²) >= 11 is 0. The molecule has 104 valence electrons. The Kier molecular flexibility index (Phi) is 3.98. The average molecular weight is 284 g/mol. The summed E-state index contributed by atoms with van der Waals surface area (Å²) in [5, 5.41) is 23.1. The Labute approximate surface area is 128 Å². The van der Waals surface area contributed by atoms with Gasteiger partial charge >= 0.3 is 0 Å². The van der Waals surface area contributed by atoms with Crippen LogP contribution in [0.4, 0.5) is 5.69 Å². The second kappa shape index (κ2) is 6.42. The first-order valence-electron chi connectivity index (χ1n) is 6.80. The SMILES string of the molecule is N#CC(=NN=Nc1ccccc1)c1cccc2ccccc12. The van der Waals surface area contributed by atoms with Crippen LogP contribution in [0.3, 0.4) is 0 Å². The molecule has 0 saturated heterocycles. The molecule has 3 aromatic carbocycles. The van der Waals surface area contributed by atoms with Crippen LogP contribution in [0.2, 0.25) is 0 Å². The molecular weight excluding hydrogens is 272 g/mol. The summed E-state index contributed by atoms with van der Waals surface area (Å²) in [5.74, 6) is 0. The van der Waals surface area contributed by atoms with E-state index in [-0.39, 0.29) is 5.71 Å². The van der Waals surface area contributed by atoms with Gasteiger partial charge < -0.3 is 0 Å². The number of nitriles is 1. The fourth-order valence-corrected chi connectivity index (χ4v) is 2.18. The van der Waals surface area contributed by atoms with E-state index in [2.05, 4.69) is 21.5 Å². The van der Waals surface area contributed by atoms with Gasteiger partial charge in [0.25, 0.3) is 0 Å². The van der Waals surface area contributed by atoms with E-state index in [9.17, 15) is 5.26 Å². The van der Waals surface area contributed by atoms with Gasteiger partial charge in [-0.2, -0.15) is 5.26 Å². The lowest BCUT2D eigenvalue weighted by Gasteiger charge is -2.02. The highest BCUT2D eigenvalue weighted by Gasteiger charge is 2.07. The summed E-state index contributed by atoms with van der Waals surface area (Å²) in [6, 6.07) is 25.0. The minimum Gasteiger partial charge on any atom is -0.191 e. The predicted molar refractivity (Wildman–Crippen MR) is 87.1 cm³/mol. The molecule has 0 aliphatic rings. The van der Waals surface area contributed by atoms with Crippen LogP contribution in [-0.4, -0.2) is 5.71 Å². The maximum Gasteiger partial charge on any atom is 0.172 e. The number of rotatable bonds is 3. The first-order chi connectivity index (χ1) is 10.9. The molecule has 0 fully saturated rings. The van der Waals surface area contributed by atoms with E-state index in [1.54, 1.807) is 0 Å². The van der Waals surface area contributed by atoms with E-state index in [0.29, 0.717) is 5.69 Å². The number of benzene rings is 3. The maximum absolute atomic E-state index is 9.35. The van der Waals surface area contributed by atoms with E-state index in [1.807, 2.05) is 72.8 Å². The third-order valence-electron chi connectivity index (χ3n) is 3.21. The molecule has 3 rings (SSSR count). The number of nitrogens with zero attached hydrogens (tertiary/aromatic N) is 4. The lowest BCUT2D eigenvalue weighted by molar-refractivity contribution is 1.06. The molecule has 0 spiro atoms. The molecule has 0 aliphatic heterocycles. The van der Waals surface area contributed by atoms with Crippen molar-refractivity contribution < 1.29 is 0 Å². The van der Waals surface area contributed by atoms with Gasteiger partial charge in [-0.15, -0.1) is 10.2 Å². The summed E-state index contributed by atoms with van der Waals surface area (Å²) < 4.78 is 0. The Morgan fingerprint density at radius 3 is 2.36 bits per heavy atom. The van der Waals surface area contributed by atoms with Crippen molar-refractivity contribution in [3.05, 3.63) is 78.4 Å². The highest BCUT2D eigenvalue weighted by atomic mass is 15.4. The molecular formula is C18H12N4. The Hall–Kier alpha value is -3.32. The quantitative estimate of drug-likeness (QED) is 0.385. The molecule has 4 nitrogen and oxygen atoms in total. The number of hydrogen-bond donors (Lipinski definition) is 0. The third-order valence-corrected chi connectivity index (χ3v) is 3.21. The van der Waals surface area contributed by atoms with Crippen LogP contribution in [0.1, 0.15) is 5.56 Å². The van der Waals surface area contributed by atoms with E-state index < -0.39 is 0 Å². The highest BCUT2D eigenvalue weighted by Crippen LogP contribution is 2.19. The molecule has 0 bridgehead atoms. The van der Waals surface area contributed by atoms with Crippen LogP contribution in [0.15, 0.2) is 88.2 Å². The molecule has 22 heavy (non-hydrogen) atoms. The molecule has 0 aromatic heterocycles. The smallest absolute Gasteiger partial charge is 0.172 e. The second-order valence-electron chi connectivity index (χ2n) is 4.61. The summed E-state index contributed by atoms with van der Waals surface area (Å²) in [5.41, 5.74) is 1.70. The van der Waals surface area contributed by atoms with Crippen molar-refractivity contribution in [1.82, 2.24) is 0 Å².